The van der Waals surface area contributed by atoms with E-state index in [9.17, 15) is 19.2 Å². The van der Waals surface area contributed by atoms with Crippen LogP contribution in [-0.4, -0.2) is 71.3 Å². The van der Waals surface area contributed by atoms with E-state index in [0.29, 0.717) is 37.3 Å². The number of rotatable bonds is 19. The molecule has 0 bridgehead atoms. The molecule has 0 aliphatic rings. The quantitative estimate of drug-likeness (QED) is 0.0765. The zero-order valence-corrected chi connectivity index (χ0v) is 41.1. The lowest BCUT2D eigenvalue weighted by Crippen LogP contribution is -2.37. The number of nitrogens with one attached hydrogen (secondary N) is 2. The van der Waals surface area contributed by atoms with Crippen LogP contribution >= 0.6 is 0 Å². The summed E-state index contributed by atoms with van der Waals surface area (Å²) in [4.78, 5) is 65.5. The number of carbonyl (C=O) groups excluding carboxylic acids is 4. The molecule has 0 saturated carbocycles. The number of para-hydroxylation sites is 2. The first-order valence-corrected chi connectivity index (χ1v) is 24.0. The average Bonchev–Trinajstić information content (AvgIpc) is 3.29. The van der Waals surface area contributed by atoms with Crippen molar-refractivity contribution in [2.45, 2.75) is 118 Å². The second-order valence-electron chi connectivity index (χ2n) is 19.4. The smallest absolute Gasteiger partial charge is 0.414 e. The third-order valence-electron chi connectivity index (χ3n) is 11.3. The van der Waals surface area contributed by atoms with E-state index in [2.05, 4.69) is 20.6 Å². The fourth-order valence-corrected chi connectivity index (χ4v) is 8.01. The van der Waals surface area contributed by atoms with Crippen molar-refractivity contribution in [1.82, 2.24) is 20.6 Å². The summed E-state index contributed by atoms with van der Waals surface area (Å²) in [6.07, 6.45) is 6.00. The highest BCUT2D eigenvalue weighted by Crippen LogP contribution is 2.31. The molecule has 0 aliphatic heterocycles. The maximum atomic E-state index is 13.4. The van der Waals surface area contributed by atoms with E-state index < -0.39 is 11.2 Å². The molecule has 2 heterocycles. The Hall–Kier alpha value is -6.82. The second-order valence-corrected chi connectivity index (χ2v) is 19.4. The Morgan fingerprint density at radius 3 is 1.21 bits per heavy atom. The van der Waals surface area contributed by atoms with Crippen molar-refractivity contribution in [1.29, 1.82) is 0 Å². The Kier molecular flexibility index (Phi) is 17.3. The number of benzene rings is 4. The highest BCUT2D eigenvalue weighted by Gasteiger charge is 2.26. The van der Waals surface area contributed by atoms with Gasteiger partial charge in [0, 0.05) is 59.5 Å². The van der Waals surface area contributed by atoms with Gasteiger partial charge in [-0.1, -0.05) is 86.3 Å². The van der Waals surface area contributed by atoms with Gasteiger partial charge >= 0.3 is 12.2 Å². The van der Waals surface area contributed by atoms with Crippen LogP contribution in [0.3, 0.4) is 0 Å². The van der Waals surface area contributed by atoms with Crippen LogP contribution in [0.15, 0.2) is 109 Å². The van der Waals surface area contributed by atoms with Crippen molar-refractivity contribution in [3.8, 4) is 11.1 Å². The number of aryl methyl sites for hydroxylation is 2. The van der Waals surface area contributed by atoms with Crippen LogP contribution in [0.25, 0.3) is 32.9 Å². The number of hydrogen-bond acceptors (Lipinski definition) is 8. The van der Waals surface area contributed by atoms with Crippen molar-refractivity contribution in [2.75, 3.05) is 36.0 Å². The number of carbonyl (C=O) groups is 4. The topological polar surface area (TPSA) is 143 Å². The molecule has 4 aromatic carbocycles. The number of amides is 4. The molecular weight excluding hydrogens is 853 g/mol. The van der Waals surface area contributed by atoms with Gasteiger partial charge in [-0.25, -0.2) is 9.59 Å². The Labute approximate surface area is 401 Å². The first kappa shape index (κ1) is 50.6. The zero-order valence-electron chi connectivity index (χ0n) is 41.1. The van der Waals surface area contributed by atoms with Gasteiger partial charge < -0.3 is 20.1 Å². The summed E-state index contributed by atoms with van der Waals surface area (Å²) in [7, 11) is 0. The van der Waals surface area contributed by atoms with Gasteiger partial charge in [-0.3, -0.25) is 29.4 Å². The largest absolute Gasteiger partial charge is 0.443 e. The van der Waals surface area contributed by atoms with Gasteiger partial charge in [0.25, 0.3) is 11.8 Å². The summed E-state index contributed by atoms with van der Waals surface area (Å²) in [6.45, 7) is 17.2. The predicted octanol–water partition coefficient (Wildman–Crippen LogP) is 12.5. The molecule has 358 valence electrons. The Morgan fingerprint density at radius 1 is 0.485 bits per heavy atom. The van der Waals surface area contributed by atoms with E-state index >= 15 is 0 Å². The van der Waals surface area contributed by atoms with Gasteiger partial charge in [-0.15, -0.1) is 0 Å². The van der Waals surface area contributed by atoms with Crippen LogP contribution in [-0.2, 0) is 9.47 Å². The summed E-state index contributed by atoms with van der Waals surface area (Å²) in [6, 6.07) is 34.5. The minimum Gasteiger partial charge on any atom is -0.443 e. The van der Waals surface area contributed by atoms with Gasteiger partial charge in [0.05, 0.1) is 22.4 Å². The summed E-state index contributed by atoms with van der Waals surface area (Å²) in [5.41, 5.74) is 6.73. The molecule has 12 heteroatoms. The van der Waals surface area contributed by atoms with Crippen LogP contribution in [0.5, 0.6) is 0 Å². The summed E-state index contributed by atoms with van der Waals surface area (Å²) >= 11 is 0. The molecule has 0 radical (unpaired) electrons. The number of nitrogens with zero attached hydrogens (tertiary/aromatic N) is 4. The number of ether oxygens (including phenoxy) is 2. The zero-order chi connectivity index (χ0) is 48.8. The number of pyridine rings is 2. The van der Waals surface area contributed by atoms with E-state index in [-0.39, 0.29) is 24.0 Å². The first-order valence-electron chi connectivity index (χ1n) is 24.0. The van der Waals surface area contributed by atoms with E-state index in [0.717, 1.165) is 107 Å². The number of fused-ring (bicyclic) bond motifs is 2. The van der Waals surface area contributed by atoms with Crippen LogP contribution < -0.4 is 20.4 Å². The normalized spacial score (nSPS) is 11.6. The molecule has 0 fully saturated rings. The van der Waals surface area contributed by atoms with Crippen LogP contribution in [0.1, 0.15) is 125 Å². The summed E-state index contributed by atoms with van der Waals surface area (Å²) in [5, 5.41) is 7.89. The molecule has 6 aromatic rings. The van der Waals surface area contributed by atoms with Crippen molar-refractivity contribution in [3.63, 3.8) is 0 Å². The molecule has 2 aromatic heterocycles. The minimum absolute atomic E-state index is 0.129. The maximum Gasteiger partial charge on any atom is 0.414 e. The molecular formula is C56H68N6O6. The van der Waals surface area contributed by atoms with Crippen LogP contribution in [0, 0.1) is 13.8 Å². The monoisotopic (exact) mass is 921 g/mol. The van der Waals surface area contributed by atoms with E-state index in [4.69, 9.17) is 9.47 Å². The van der Waals surface area contributed by atoms with Gasteiger partial charge in [0.15, 0.2) is 0 Å². The summed E-state index contributed by atoms with van der Waals surface area (Å²) in [5.74, 6) is -0.257. The molecule has 12 nitrogen and oxygen atoms in total. The second kappa shape index (κ2) is 23.3. The number of unbranched alkanes of at least 4 members (excludes halogenated alkanes) is 6. The van der Waals surface area contributed by atoms with Crippen molar-refractivity contribution < 1.29 is 28.7 Å². The van der Waals surface area contributed by atoms with Crippen molar-refractivity contribution in [3.05, 3.63) is 132 Å². The van der Waals surface area contributed by atoms with Crippen LogP contribution in [0.4, 0.5) is 21.0 Å². The molecule has 4 amide bonds. The first-order chi connectivity index (χ1) is 32.5. The van der Waals surface area contributed by atoms with E-state index in [1.165, 1.54) is 0 Å². The standard InChI is InChI=1S/C56H68N6O6/c1-39-37-49(45-21-13-15-23-47(45)59-39)61(53(65)67-55(3,4)5)35-19-11-9-17-33-57-51(63)43-29-25-41(26-30-43)42-27-31-44(32-28-42)52(64)58-34-18-10-12-20-36-62(54(66)68-56(6,7)8)50-38-40(2)60-48-24-16-14-22-46(48)50/h13-16,21-32,37-38H,9-12,17-20,33-36H2,1-8H3,(H,57,63)(H,58,64). The molecule has 0 saturated heterocycles. The van der Waals surface area contributed by atoms with Crippen molar-refractivity contribution in [2.24, 2.45) is 0 Å². The molecule has 0 aliphatic carbocycles. The molecule has 0 unspecified atom stereocenters. The van der Waals surface area contributed by atoms with Crippen molar-refractivity contribution >= 4 is 57.2 Å². The lowest BCUT2D eigenvalue weighted by Gasteiger charge is -2.28. The average molecular weight is 921 g/mol. The molecule has 0 spiro atoms. The molecule has 6 rings (SSSR count). The van der Waals surface area contributed by atoms with Crippen LogP contribution in [0.2, 0.25) is 0 Å². The Morgan fingerprint density at radius 2 is 0.838 bits per heavy atom. The highest BCUT2D eigenvalue weighted by atomic mass is 16.6. The fraction of sp³-hybridized carbons (Fsp3) is 0.393. The van der Waals surface area contributed by atoms with Gasteiger partial charge in [-0.05, 0) is 141 Å². The highest BCUT2D eigenvalue weighted by molar-refractivity contribution is 6.02. The Bertz CT molecular complexity index is 2480. The lowest BCUT2D eigenvalue weighted by molar-refractivity contribution is 0.0569. The third-order valence-corrected chi connectivity index (χ3v) is 11.3. The molecule has 0 atom stereocenters. The van der Waals surface area contributed by atoms with Gasteiger partial charge in [-0.2, -0.15) is 0 Å². The maximum absolute atomic E-state index is 13.4. The Balaban J connectivity index is 0.896. The molecule has 68 heavy (non-hydrogen) atoms. The third kappa shape index (κ3) is 14.6. The lowest BCUT2D eigenvalue weighted by atomic mass is 10.0. The molecule has 2 N–H and O–H groups in total. The minimum atomic E-state index is -0.626. The van der Waals surface area contributed by atoms with Gasteiger partial charge in [0.2, 0.25) is 0 Å². The number of aromatic nitrogens is 2. The fourth-order valence-electron chi connectivity index (χ4n) is 8.01. The predicted molar refractivity (Wildman–Crippen MR) is 274 cm³/mol. The van der Waals surface area contributed by atoms with E-state index in [1.54, 1.807) is 9.80 Å². The van der Waals surface area contributed by atoms with Gasteiger partial charge in [0.1, 0.15) is 11.2 Å². The van der Waals surface area contributed by atoms with E-state index in [1.807, 2.05) is 165 Å². The summed E-state index contributed by atoms with van der Waals surface area (Å²) < 4.78 is 11.6. The SMILES string of the molecule is Cc1cc(N(CCCCCCNC(=O)c2ccc(-c3ccc(C(=O)NCCCCCCN(C(=O)OC(C)(C)C)c4cc(C)nc5ccccc45)cc3)cc2)C(=O)OC(C)(C)C)c2ccccc2n1. The number of anilines is 2. The number of hydrogen-bond donors (Lipinski definition) is 2.